The van der Waals surface area contributed by atoms with E-state index in [-0.39, 0.29) is 6.29 Å². The van der Waals surface area contributed by atoms with E-state index < -0.39 is 0 Å². The second-order valence-corrected chi connectivity index (χ2v) is 10.2. The zero-order valence-corrected chi connectivity index (χ0v) is 22.1. The summed E-state index contributed by atoms with van der Waals surface area (Å²) in [6.07, 6.45) is 26.6. The van der Waals surface area contributed by atoms with Crippen molar-refractivity contribution < 1.29 is 9.47 Å². The van der Waals surface area contributed by atoms with Crippen LogP contribution in [0, 0.1) is 0 Å². The van der Waals surface area contributed by atoms with E-state index in [0.717, 1.165) is 77.4 Å². The number of hydrogen-bond acceptors (Lipinski definition) is 2. The fourth-order valence-corrected chi connectivity index (χ4v) is 5.55. The van der Waals surface area contributed by atoms with Gasteiger partial charge in [-0.15, -0.1) is 13.2 Å². The molecule has 0 aliphatic heterocycles. The van der Waals surface area contributed by atoms with Crippen LogP contribution in [0.4, 0.5) is 0 Å². The van der Waals surface area contributed by atoms with Crippen LogP contribution in [0.15, 0.2) is 67.8 Å². The molecule has 0 fully saturated rings. The van der Waals surface area contributed by atoms with Gasteiger partial charge in [0.05, 0.1) is 0 Å². The summed E-state index contributed by atoms with van der Waals surface area (Å²) < 4.78 is 12.2. The van der Waals surface area contributed by atoms with E-state index in [2.05, 4.69) is 61.7 Å². The van der Waals surface area contributed by atoms with Crippen molar-refractivity contribution in [1.82, 2.24) is 0 Å². The highest BCUT2D eigenvalue weighted by molar-refractivity contribution is 5.98. The van der Waals surface area contributed by atoms with Gasteiger partial charge in [0.25, 0.3) is 0 Å². The van der Waals surface area contributed by atoms with Crippen LogP contribution >= 0.6 is 0 Å². The molecule has 2 aromatic carbocycles. The average molecular weight is 485 g/mol. The van der Waals surface area contributed by atoms with Gasteiger partial charge >= 0.3 is 0 Å². The van der Waals surface area contributed by atoms with Crippen molar-refractivity contribution in [3.63, 3.8) is 0 Å². The summed E-state index contributed by atoms with van der Waals surface area (Å²) in [5, 5.41) is 2.88. The van der Waals surface area contributed by atoms with Gasteiger partial charge in [0.15, 0.2) is 6.29 Å². The first-order chi connectivity index (χ1) is 17.8. The monoisotopic (exact) mass is 484 g/mol. The van der Waals surface area contributed by atoms with Crippen LogP contribution in [0.3, 0.4) is 0 Å². The standard InChI is InChI=1S/C34H44O2/c1-3-5-7-12-25-35-32(36-26-13-8-6-4-2)18-11-9-10-15-27-19-20-30-22-21-28-16-14-17-29-23-24-31(27)34(30)33(28)29/h3-4,14,17,19-24,29,32H,1-2,5-13,15-16,18,25-26H2. The molecule has 0 bridgehead atoms. The van der Waals surface area contributed by atoms with Crippen LogP contribution in [0.5, 0.6) is 0 Å². The number of aryl methyl sites for hydroxylation is 1. The fourth-order valence-electron chi connectivity index (χ4n) is 5.55. The van der Waals surface area contributed by atoms with E-state index in [1.54, 1.807) is 5.56 Å². The zero-order chi connectivity index (χ0) is 25.0. The van der Waals surface area contributed by atoms with E-state index in [4.69, 9.17) is 9.47 Å². The highest BCUT2D eigenvalue weighted by Gasteiger charge is 2.22. The van der Waals surface area contributed by atoms with E-state index >= 15 is 0 Å². The average Bonchev–Trinajstić information content (AvgIpc) is 2.91. The first-order valence-corrected chi connectivity index (χ1v) is 14.2. The van der Waals surface area contributed by atoms with Gasteiger partial charge in [0.1, 0.15) is 0 Å². The van der Waals surface area contributed by atoms with Gasteiger partial charge in [-0.3, -0.25) is 0 Å². The minimum atomic E-state index is -0.0706. The molecule has 2 heteroatoms. The Labute approximate surface area is 218 Å². The van der Waals surface area contributed by atoms with Crippen molar-refractivity contribution in [3.8, 4) is 0 Å². The largest absolute Gasteiger partial charge is 0.353 e. The maximum absolute atomic E-state index is 6.11. The van der Waals surface area contributed by atoms with E-state index in [9.17, 15) is 0 Å². The molecular weight excluding hydrogens is 440 g/mol. The van der Waals surface area contributed by atoms with Gasteiger partial charge in [-0.1, -0.05) is 67.1 Å². The van der Waals surface area contributed by atoms with Crippen LogP contribution in [0.2, 0.25) is 0 Å². The molecule has 2 aliphatic carbocycles. The Morgan fingerprint density at radius 3 is 2.33 bits per heavy atom. The molecule has 0 aromatic heterocycles. The molecule has 0 radical (unpaired) electrons. The number of allylic oxidation sites excluding steroid dienone is 5. The van der Waals surface area contributed by atoms with Gasteiger partial charge in [-0.25, -0.2) is 0 Å². The van der Waals surface area contributed by atoms with Gasteiger partial charge < -0.3 is 9.47 Å². The van der Waals surface area contributed by atoms with Crippen molar-refractivity contribution >= 4 is 16.8 Å². The molecule has 192 valence electrons. The summed E-state index contributed by atoms with van der Waals surface area (Å²) in [5.74, 6) is 0.450. The van der Waals surface area contributed by atoms with Gasteiger partial charge in [-0.05, 0) is 104 Å². The van der Waals surface area contributed by atoms with Gasteiger partial charge in [-0.2, -0.15) is 0 Å². The maximum Gasteiger partial charge on any atom is 0.157 e. The van der Waals surface area contributed by atoms with Crippen molar-refractivity contribution in [2.24, 2.45) is 0 Å². The molecule has 1 unspecified atom stereocenters. The van der Waals surface area contributed by atoms with Crippen LogP contribution in [-0.2, 0) is 22.3 Å². The summed E-state index contributed by atoms with van der Waals surface area (Å²) in [6, 6.07) is 9.33. The highest BCUT2D eigenvalue weighted by atomic mass is 16.7. The predicted molar refractivity (Wildman–Crippen MR) is 155 cm³/mol. The highest BCUT2D eigenvalue weighted by Crippen LogP contribution is 2.41. The smallest absolute Gasteiger partial charge is 0.157 e. The van der Waals surface area contributed by atoms with Crippen LogP contribution in [-0.4, -0.2) is 19.5 Å². The first kappa shape index (κ1) is 26.6. The minimum Gasteiger partial charge on any atom is -0.353 e. The molecule has 2 aliphatic rings. The summed E-state index contributed by atoms with van der Waals surface area (Å²) in [5.41, 5.74) is 6.00. The van der Waals surface area contributed by atoms with E-state index in [1.165, 1.54) is 40.3 Å². The minimum absolute atomic E-state index is 0.0706. The summed E-state index contributed by atoms with van der Waals surface area (Å²) in [4.78, 5) is 0. The number of benzene rings is 2. The molecule has 0 saturated carbocycles. The Morgan fingerprint density at radius 1 is 0.833 bits per heavy atom. The second-order valence-electron chi connectivity index (χ2n) is 10.2. The Kier molecular flexibility index (Phi) is 10.6. The quantitative estimate of drug-likeness (QED) is 0.119. The maximum atomic E-state index is 6.11. The molecule has 0 spiro atoms. The molecule has 0 N–H and O–H groups in total. The molecule has 4 rings (SSSR count). The molecule has 0 heterocycles. The van der Waals surface area contributed by atoms with E-state index in [0.29, 0.717) is 5.92 Å². The summed E-state index contributed by atoms with van der Waals surface area (Å²) in [7, 11) is 0. The fraction of sp³-hybridized carbons (Fsp3) is 0.471. The number of hydrogen-bond donors (Lipinski definition) is 0. The topological polar surface area (TPSA) is 18.5 Å². The zero-order valence-electron chi connectivity index (χ0n) is 22.1. The predicted octanol–water partition coefficient (Wildman–Crippen LogP) is 9.24. The lowest BCUT2D eigenvalue weighted by Gasteiger charge is -2.26. The van der Waals surface area contributed by atoms with E-state index in [1.807, 2.05) is 12.2 Å². The summed E-state index contributed by atoms with van der Waals surface area (Å²) >= 11 is 0. The molecule has 2 aromatic rings. The Bertz CT molecular complexity index is 1040. The normalized spacial score (nSPS) is 15.6. The molecule has 1 atom stereocenters. The Balaban J connectivity index is 1.27. The van der Waals surface area contributed by atoms with Crippen LogP contribution in [0.1, 0.15) is 92.4 Å². The number of unbranched alkanes of at least 4 members (excludes halogenated alkanes) is 6. The first-order valence-electron chi connectivity index (χ1n) is 14.2. The van der Waals surface area contributed by atoms with Crippen molar-refractivity contribution in [2.45, 2.75) is 89.3 Å². The lowest BCUT2D eigenvalue weighted by molar-refractivity contribution is -0.147. The molecule has 36 heavy (non-hydrogen) atoms. The molecular formula is C34H44O2. The van der Waals surface area contributed by atoms with Crippen LogP contribution in [0.25, 0.3) is 16.8 Å². The summed E-state index contributed by atoms with van der Waals surface area (Å²) in [6.45, 7) is 9.16. The van der Waals surface area contributed by atoms with Crippen molar-refractivity contribution in [2.75, 3.05) is 13.2 Å². The SMILES string of the molecule is C=CCCCCOC(CCCCCc1ccc2ccc3c4c2c1C=CC4C=CC3)OCCCCC=C. The van der Waals surface area contributed by atoms with Gasteiger partial charge in [0.2, 0.25) is 0 Å². The van der Waals surface area contributed by atoms with Gasteiger partial charge in [0, 0.05) is 19.1 Å². The third kappa shape index (κ3) is 7.08. The van der Waals surface area contributed by atoms with Crippen LogP contribution < -0.4 is 0 Å². The molecule has 2 nitrogen and oxygen atoms in total. The lowest BCUT2D eigenvalue weighted by Crippen LogP contribution is -2.19. The second kappa shape index (κ2) is 14.4. The third-order valence-corrected chi connectivity index (χ3v) is 7.53. The molecule has 0 amide bonds. The number of ether oxygens (including phenoxy) is 2. The number of rotatable bonds is 18. The van der Waals surface area contributed by atoms with Crippen molar-refractivity contribution in [1.29, 1.82) is 0 Å². The third-order valence-electron chi connectivity index (χ3n) is 7.53. The Hall–Kier alpha value is -2.42. The Morgan fingerprint density at radius 2 is 1.58 bits per heavy atom. The van der Waals surface area contributed by atoms with Crippen molar-refractivity contribution in [3.05, 3.63) is 90.1 Å². The lowest BCUT2D eigenvalue weighted by atomic mass is 9.78. The molecule has 0 saturated heterocycles.